The van der Waals surface area contributed by atoms with Crippen LogP contribution in [0.15, 0.2) is 23.3 Å². The van der Waals surface area contributed by atoms with Crippen molar-refractivity contribution in [1.82, 2.24) is 0 Å². The summed E-state index contributed by atoms with van der Waals surface area (Å²) in [5.41, 5.74) is 9.24. The smallest absolute Gasteiger partial charge is 0.161 e. The lowest BCUT2D eigenvalue weighted by atomic mass is 10.1. The molecule has 0 heterocycles. The quantitative estimate of drug-likeness (QED) is 0.421. The topological polar surface area (TPSA) is 67.2 Å². The summed E-state index contributed by atoms with van der Waals surface area (Å²) < 4.78 is 10.6. The molecule has 86 valence electrons. The van der Waals surface area contributed by atoms with Gasteiger partial charge in [0.2, 0.25) is 0 Å². The summed E-state index contributed by atoms with van der Waals surface area (Å²) in [7, 11) is 1.61. The Morgan fingerprint density at radius 1 is 1.38 bits per heavy atom. The molecule has 0 N–H and O–H groups in total. The molecule has 0 spiro atoms. The van der Waals surface area contributed by atoms with E-state index in [1.165, 1.54) is 0 Å². The van der Waals surface area contributed by atoms with E-state index in [4.69, 9.17) is 15.0 Å². The third kappa shape index (κ3) is 3.37. The summed E-state index contributed by atoms with van der Waals surface area (Å²) in [5.74, 6) is 1.44. The first-order valence-electron chi connectivity index (χ1n) is 5.12. The highest BCUT2D eigenvalue weighted by Gasteiger charge is 2.04. The molecule has 0 bridgehead atoms. The van der Waals surface area contributed by atoms with Gasteiger partial charge >= 0.3 is 0 Å². The van der Waals surface area contributed by atoms with Crippen LogP contribution in [0.2, 0.25) is 0 Å². The molecule has 0 aromatic heterocycles. The maximum atomic E-state index is 8.17. The molecular formula is C11H15N3O2. The van der Waals surface area contributed by atoms with Crippen molar-refractivity contribution >= 4 is 0 Å². The largest absolute Gasteiger partial charge is 0.493 e. The van der Waals surface area contributed by atoms with E-state index in [2.05, 4.69) is 10.0 Å². The standard InChI is InChI=1S/C11H15N3O2/c1-3-16-10-5-4-9(6-7-13-14-12)8-11(10)15-2/h4-5,8H,3,6-7H2,1-2H3. The van der Waals surface area contributed by atoms with Crippen molar-refractivity contribution in [3.8, 4) is 11.5 Å². The summed E-state index contributed by atoms with van der Waals surface area (Å²) >= 11 is 0. The first-order chi connectivity index (χ1) is 7.81. The zero-order chi connectivity index (χ0) is 11.8. The molecule has 0 aliphatic rings. The van der Waals surface area contributed by atoms with Gasteiger partial charge in [-0.1, -0.05) is 11.2 Å². The van der Waals surface area contributed by atoms with Crippen LogP contribution in [0.1, 0.15) is 12.5 Å². The van der Waals surface area contributed by atoms with Gasteiger partial charge in [0.15, 0.2) is 11.5 Å². The number of rotatable bonds is 6. The van der Waals surface area contributed by atoms with Crippen LogP contribution in [0.4, 0.5) is 0 Å². The molecule has 5 heteroatoms. The Bertz CT molecular complexity index is 387. The SMILES string of the molecule is CCOc1ccc(CCN=[N+]=[N-])cc1OC. The highest BCUT2D eigenvalue weighted by Crippen LogP contribution is 2.28. The van der Waals surface area contributed by atoms with E-state index >= 15 is 0 Å². The van der Waals surface area contributed by atoms with E-state index in [1.807, 2.05) is 25.1 Å². The zero-order valence-electron chi connectivity index (χ0n) is 9.51. The van der Waals surface area contributed by atoms with Crippen LogP contribution in [0.25, 0.3) is 10.4 Å². The lowest BCUT2D eigenvalue weighted by Gasteiger charge is -2.10. The summed E-state index contributed by atoms with van der Waals surface area (Å²) in [5, 5.41) is 3.49. The molecule has 0 aliphatic heterocycles. The molecule has 0 saturated carbocycles. The number of benzene rings is 1. The number of nitrogens with zero attached hydrogens (tertiary/aromatic N) is 3. The van der Waals surface area contributed by atoms with Crippen molar-refractivity contribution in [1.29, 1.82) is 0 Å². The predicted octanol–water partition coefficient (Wildman–Crippen LogP) is 2.95. The van der Waals surface area contributed by atoms with E-state index < -0.39 is 0 Å². The van der Waals surface area contributed by atoms with Crippen molar-refractivity contribution in [2.45, 2.75) is 13.3 Å². The van der Waals surface area contributed by atoms with Gasteiger partial charge in [0.1, 0.15) is 0 Å². The molecule has 5 nitrogen and oxygen atoms in total. The molecule has 16 heavy (non-hydrogen) atoms. The molecule has 1 aromatic carbocycles. The number of methoxy groups -OCH3 is 1. The second-order valence-electron chi connectivity index (χ2n) is 3.12. The number of ether oxygens (including phenoxy) is 2. The van der Waals surface area contributed by atoms with E-state index in [-0.39, 0.29) is 0 Å². The molecular weight excluding hydrogens is 206 g/mol. The molecule has 1 rings (SSSR count). The Morgan fingerprint density at radius 3 is 2.81 bits per heavy atom. The minimum absolute atomic E-state index is 0.452. The Kier molecular flexibility index (Phi) is 5.02. The van der Waals surface area contributed by atoms with Crippen molar-refractivity contribution < 1.29 is 9.47 Å². The van der Waals surface area contributed by atoms with E-state index in [1.54, 1.807) is 7.11 Å². The van der Waals surface area contributed by atoms with Gasteiger partial charge in [0.25, 0.3) is 0 Å². The Morgan fingerprint density at radius 2 is 2.19 bits per heavy atom. The summed E-state index contributed by atoms with van der Waals surface area (Å²) in [6.45, 7) is 2.98. The fourth-order valence-corrected chi connectivity index (χ4v) is 1.37. The lowest BCUT2D eigenvalue weighted by molar-refractivity contribution is 0.310. The first kappa shape index (κ1) is 12.2. The van der Waals surface area contributed by atoms with Gasteiger partial charge in [0.05, 0.1) is 13.7 Å². The summed E-state index contributed by atoms with van der Waals surface area (Å²) in [6.07, 6.45) is 0.701. The number of azide groups is 1. The molecule has 0 atom stereocenters. The Labute approximate surface area is 94.6 Å². The second kappa shape index (κ2) is 6.58. The summed E-state index contributed by atoms with van der Waals surface area (Å²) in [6, 6.07) is 5.71. The van der Waals surface area contributed by atoms with Gasteiger partial charge in [-0.2, -0.15) is 0 Å². The van der Waals surface area contributed by atoms with E-state index in [9.17, 15) is 0 Å². The molecule has 0 amide bonds. The van der Waals surface area contributed by atoms with Crippen LogP contribution in [0.5, 0.6) is 11.5 Å². The Balaban J connectivity index is 2.77. The van der Waals surface area contributed by atoms with Gasteiger partial charge in [-0.15, -0.1) is 0 Å². The average Bonchev–Trinajstić information content (AvgIpc) is 2.31. The highest BCUT2D eigenvalue weighted by molar-refractivity contribution is 5.43. The van der Waals surface area contributed by atoms with Crippen LogP contribution < -0.4 is 9.47 Å². The zero-order valence-corrected chi connectivity index (χ0v) is 9.51. The molecule has 0 fully saturated rings. The van der Waals surface area contributed by atoms with Gasteiger partial charge in [0, 0.05) is 11.5 Å². The maximum absolute atomic E-state index is 8.17. The fraction of sp³-hybridized carbons (Fsp3) is 0.455. The van der Waals surface area contributed by atoms with Gasteiger partial charge in [-0.25, -0.2) is 0 Å². The monoisotopic (exact) mass is 221 g/mol. The van der Waals surface area contributed by atoms with Crippen molar-refractivity contribution in [3.63, 3.8) is 0 Å². The molecule has 0 aliphatic carbocycles. The molecule has 1 aromatic rings. The average molecular weight is 221 g/mol. The van der Waals surface area contributed by atoms with Crippen LogP contribution in [0.3, 0.4) is 0 Å². The summed E-state index contributed by atoms with van der Waals surface area (Å²) in [4.78, 5) is 2.71. The normalized spacial score (nSPS) is 9.38. The third-order valence-electron chi connectivity index (χ3n) is 2.09. The predicted molar refractivity (Wildman–Crippen MR) is 61.9 cm³/mol. The van der Waals surface area contributed by atoms with E-state index in [0.717, 1.165) is 11.3 Å². The number of hydrogen-bond acceptors (Lipinski definition) is 3. The number of hydrogen-bond donors (Lipinski definition) is 0. The van der Waals surface area contributed by atoms with Gasteiger partial charge in [-0.05, 0) is 36.6 Å². The van der Waals surface area contributed by atoms with Crippen molar-refractivity contribution in [2.24, 2.45) is 5.11 Å². The first-order valence-corrected chi connectivity index (χ1v) is 5.12. The van der Waals surface area contributed by atoms with Crippen LogP contribution >= 0.6 is 0 Å². The highest BCUT2D eigenvalue weighted by atomic mass is 16.5. The van der Waals surface area contributed by atoms with Crippen molar-refractivity contribution in [2.75, 3.05) is 20.3 Å². The molecule has 0 saturated heterocycles. The fourth-order valence-electron chi connectivity index (χ4n) is 1.37. The van der Waals surface area contributed by atoms with Crippen LogP contribution in [-0.4, -0.2) is 20.3 Å². The van der Waals surface area contributed by atoms with Crippen LogP contribution in [-0.2, 0) is 6.42 Å². The molecule has 0 radical (unpaired) electrons. The Hall–Kier alpha value is -1.87. The van der Waals surface area contributed by atoms with Crippen LogP contribution in [0, 0.1) is 0 Å². The third-order valence-corrected chi connectivity index (χ3v) is 2.09. The second-order valence-corrected chi connectivity index (χ2v) is 3.12. The lowest BCUT2D eigenvalue weighted by Crippen LogP contribution is -1.97. The van der Waals surface area contributed by atoms with Gasteiger partial charge in [-0.3, -0.25) is 0 Å². The van der Waals surface area contributed by atoms with Gasteiger partial charge < -0.3 is 9.47 Å². The van der Waals surface area contributed by atoms with Crippen molar-refractivity contribution in [3.05, 3.63) is 34.2 Å². The minimum Gasteiger partial charge on any atom is -0.493 e. The molecule has 0 unspecified atom stereocenters. The maximum Gasteiger partial charge on any atom is 0.161 e. The minimum atomic E-state index is 0.452. The van der Waals surface area contributed by atoms with E-state index in [0.29, 0.717) is 25.3 Å².